The molecule has 5 N–H and O–H groups in total. The van der Waals surface area contributed by atoms with E-state index in [2.05, 4.69) is 27.3 Å². The highest BCUT2D eigenvalue weighted by atomic mass is 32.2. The Bertz CT molecular complexity index is 588. The average Bonchev–Trinajstić information content (AvgIpc) is 2.61. The van der Waals surface area contributed by atoms with Gasteiger partial charge >= 0.3 is 0 Å². The molecule has 0 aromatic carbocycles. The second kappa shape index (κ2) is 6.10. The third-order valence-corrected chi connectivity index (χ3v) is 3.84. The molecule has 0 radical (unpaired) electrons. The van der Waals surface area contributed by atoms with Crippen molar-refractivity contribution in [2.24, 2.45) is 7.05 Å². The van der Waals surface area contributed by atoms with Crippen LogP contribution in [0.1, 0.15) is 18.2 Å². The highest BCUT2D eigenvalue weighted by Gasteiger charge is 2.15. The average molecular weight is 293 g/mol. The van der Waals surface area contributed by atoms with Crippen molar-refractivity contribution >= 4 is 23.4 Å². The van der Waals surface area contributed by atoms with Crippen molar-refractivity contribution in [1.29, 1.82) is 0 Å². The van der Waals surface area contributed by atoms with Gasteiger partial charge in [0.1, 0.15) is 16.7 Å². The molecular formula is C12H19N7S. The Labute approximate surface area is 122 Å². The molecule has 0 aliphatic rings. The number of nitrogen functional groups attached to an aromatic ring is 2. The minimum Gasteiger partial charge on any atom is -0.383 e. The Kier molecular flexibility index (Phi) is 4.46. The Morgan fingerprint density at radius 2 is 1.95 bits per heavy atom. The first-order valence-electron chi connectivity index (χ1n) is 6.32. The maximum atomic E-state index is 5.70. The lowest BCUT2D eigenvalue weighted by atomic mass is 10.2. The van der Waals surface area contributed by atoms with Crippen LogP contribution < -0.4 is 16.8 Å². The van der Waals surface area contributed by atoms with Crippen molar-refractivity contribution in [3.63, 3.8) is 0 Å². The predicted octanol–water partition coefficient (Wildman–Crippen LogP) is 0.944. The van der Waals surface area contributed by atoms with Crippen LogP contribution in [0, 0.1) is 6.92 Å². The highest BCUT2D eigenvalue weighted by Crippen LogP contribution is 2.30. The Balaban J connectivity index is 2.32. The van der Waals surface area contributed by atoms with Crippen molar-refractivity contribution in [3.8, 4) is 0 Å². The van der Waals surface area contributed by atoms with Gasteiger partial charge in [-0.25, -0.2) is 9.97 Å². The summed E-state index contributed by atoms with van der Waals surface area (Å²) in [5, 5.41) is 9.28. The van der Waals surface area contributed by atoms with Gasteiger partial charge in [-0.2, -0.15) is 5.10 Å². The molecule has 0 unspecified atom stereocenters. The van der Waals surface area contributed by atoms with E-state index in [-0.39, 0.29) is 0 Å². The molecule has 0 amide bonds. The standard InChI is InChI=1S/C12H19N7S/c1-4-15-6-8-7(2)18-19(3)11(8)20-12-16-9(13)5-10(14)17-12/h5,15H,4,6H2,1-3H3,(H4,13,14,16,17). The monoisotopic (exact) mass is 293 g/mol. The van der Waals surface area contributed by atoms with Crippen molar-refractivity contribution in [2.45, 2.75) is 30.6 Å². The number of aromatic nitrogens is 4. The molecular weight excluding hydrogens is 274 g/mol. The minimum absolute atomic E-state index is 0.368. The van der Waals surface area contributed by atoms with Crippen molar-refractivity contribution in [2.75, 3.05) is 18.0 Å². The van der Waals surface area contributed by atoms with Crippen LogP contribution in [-0.4, -0.2) is 26.3 Å². The molecule has 2 rings (SSSR count). The van der Waals surface area contributed by atoms with E-state index >= 15 is 0 Å². The van der Waals surface area contributed by atoms with E-state index < -0.39 is 0 Å². The molecule has 0 aliphatic heterocycles. The van der Waals surface area contributed by atoms with Crippen molar-refractivity contribution in [3.05, 3.63) is 17.3 Å². The van der Waals surface area contributed by atoms with Gasteiger partial charge < -0.3 is 16.8 Å². The Morgan fingerprint density at radius 3 is 2.55 bits per heavy atom. The highest BCUT2D eigenvalue weighted by molar-refractivity contribution is 7.99. The summed E-state index contributed by atoms with van der Waals surface area (Å²) in [7, 11) is 1.90. The molecule has 8 heteroatoms. The van der Waals surface area contributed by atoms with E-state index in [1.807, 2.05) is 18.7 Å². The number of hydrogen-bond donors (Lipinski definition) is 3. The van der Waals surface area contributed by atoms with Crippen LogP contribution in [0.3, 0.4) is 0 Å². The van der Waals surface area contributed by atoms with Gasteiger partial charge in [0.15, 0.2) is 5.16 Å². The molecule has 108 valence electrons. The van der Waals surface area contributed by atoms with Gasteiger partial charge in [0.2, 0.25) is 0 Å². The third kappa shape index (κ3) is 3.20. The van der Waals surface area contributed by atoms with E-state index in [1.54, 1.807) is 0 Å². The minimum atomic E-state index is 0.368. The zero-order valence-electron chi connectivity index (χ0n) is 11.8. The number of nitrogens with one attached hydrogen (secondary N) is 1. The zero-order chi connectivity index (χ0) is 14.7. The van der Waals surface area contributed by atoms with Crippen molar-refractivity contribution < 1.29 is 0 Å². The molecule has 20 heavy (non-hydrogen) atoms. The fourth-order valence-corrected chi connectivity index (χ4v) is 2.85. The van der Waals surface area contributed by atoms with Crippen LogP contribution in [0.2, 0.25) is 0 Å². The fraction of sp³-hybridized carbons (Fsp3) is 0.417. The molecule has 0 bridgehead atoms. The lowest BCUT2D eigenvalue weighted by molar-refractivity contribution is 0.672. The maximum absolute atomic E-state index is 5.70. The van der Waals surface area contributed by atoms with Crippen LogP contribution in [0.15, 0.2) is 16.2 Å². The SMILES string of the molecule is CCNCc1c(C)nn(C)c1Sc1nc(N)cc(N)n1. The normalized spacial score (nSPS) is 10.9. The molecule has 0 saturated heterocycles. The lowest BCUT2D eigenvalue weighted by Crippen LogP contribution is -2.13. The second-order valence-corrected chi connectivity index (χ2v) is 5.33. The number of nitrogens with two attached hydrogens (primary N) is 2. The molecule has 2 heterocycles. The predicted molar refractivity (Wildman–Crippen MR) is 80.3 cm³/mol. The van der Waals surface area contributed by atoms with Gasteiger partial charge in [-0.15, -0.1) is 0 Å². The molecule has 0 aliphatic carbocycles. The van der Waals surface area contributed by atoms with Gasteiger partial charge in [-0.05, 0) is 25.2 Å². The Hall–Kier alpha value is -1.80. The Morgan fingerprint density at radius 1 is 1.30 bits per heavy atom. The summed E-state index contributed by atoms with van der Waals surface area (Å²) in [4.78, 5) is 8.38. The van der Waals surface area contributed by atoms with Crippen LogP contribution in [0.5, 0.6) is 0 Å². The summed E-state index contributed by atoms with van der Waals surface area (Å²) < 4.78 is 1.83. The molecule has 0 fully saturated rings. The maximum Gasteiger partial charge on any atom is 0.197 e. The number of hydrogen-bond acceptors (Lipinski definition) is 7. The summed E-state index contributed by atoms with van der Waals surface area (Å²) in [6, 6.07) is 1.54. The largest absolute Gasteiger partial charge is 0.383 e. The van der Waals surface area contributed by atoms with Crippen LogP contribution >= 0.6 is 11.8 Å². The fourth-order valence-electron chi connectivity index (χ4n) is 1.86. The summed E-state index contributed by atoms with van der Waals surface area (Å²) >= 11 is 1.42. The van der Waals surface area contributed by atoms with Crippen LogP contribution in [0.4, 0.5) is 11.6 Å². The summed E-state index contributed by atoms with van der Waals surface area (Å²) in [5.74, 6) is 0.735. The van der Waals surface area contributed by atoms with Crippen LogP contribution in [0.25, 0.3) is 0 Å². The van der Waals surface area contributed by atoms with Gasteiger partial charge in [-0.3, -0.25) is 4.68 Å². The van der Waals surface area contributed by atoms with E-state index in [0.717, 1.165) is 29.4 Å². The second-order valence-electron chi connectivity index (χ2n) is 4.38. The summed E-state index contributed by atoms with van der Waals surface area (Å²) in [5.41, 5.74) is 13.5. The number of anilines is 2. The summed E-state index contributed by atoms with van der Waals surface area (Å²) in [6.45, 7) is 5.72. The molecule has 2 aromatic heterocycles. The number of rotatable bonds is 5. The molecule has 0 spiro atoms. The van der Waals surface area contributed by atoms with Gasteiger partial charge in [0.25, 0.3) is 0 Å². The first-order chi connectivity index (χ1) is 9.51. The summed E-state index contributed by atoms with van der Waals surface area (Å²) in [6.07, 6.45) is 0. The molecule has 0 saturated carbocycles. The molecule has 0 atom stereocenters. The van der Waals surface area contributed by atoms with Gasteiger partial charge in [0, 0.05) is 25.2 Å². The molecule has 7 nitrogen and oxygen atoms in total. The van der Waals surface area contributed by atoms with E-state index in [0.29, 0.717) is 16.8 Å². The number of aryl methyl sites for hydroxylation is 2. The van der Waals surface area contributed by atoms with Crippen LogP contribution in [-0.2, 0) is 13.6 Å². The zero-order valence-corrected chi connectivity index (χ0v) is 12.7. The van der Waals surface area contributed by atoms with E-state index in [9.17, 15) is 0 Å². The number of nitrogens with zero attached hydrogens (tertiary/aromatic N) is 4. The van der Waals surface area contributed by atoms with Gasteiger partial charge in [-0.1, -0.05) is 6.92 Å². The topological polar surface area (TPSA) is 108 Å². The first-order valence-corrected chi connectivity index (χ1v) is 7.14. The van der Waals surface area contributed by atoms with E-state index in [4.69, 9.17) is 11.5 Å². The quantitative estimate of drug-likeness (QED) is 0.704. The lowest BCUT2D eigenvalue weighted by Gasteiger charge is -2.07. The third-order valence-electron chi connectivity index (χ3n) is 2.77. The first kappa shape index (κ1) is 14.6. The van der Waals surface area contributed by atoms with Crippen molar-refractivity contribution in [1.82, 2.24) is 25.1 Å². The van der Waals surface area contributed by atoms with Gasteiger partial charge in [0.05, 0.1) is 5.69 Å². The van der Waals surface area contributed by atoms with E-state index in [1.165, 1.54) is 17.8 Å². The molecule has 2 aromatic rings. The smallest absolute Gasteiger partial charge is 0.197 e.